The summed E-state index contributed by atoms with van der Waals surface area (Å²) >= 11 is 3.42. The number of rotatable bonds is 4. The molecule has 0 spiro atoms. The van der Waals surface area contributed by atoms with Crippen LogP contribution >= 0.6 is 15.9 Å². The van der Waals surface area contributed by atoms with Crippen LogP contribution in [0.4, 0.5) is 5.82 Å². The van der Waals surface area contributed by atoms with Gasteiger partial charge in [-0.1, -0.05) is 0 Å². The number of anilines is 1. The molecule has 1 aliphatic heterocycles. The van der Waals surface area contributed by atoms with Crippen LogP contribution in [-0.2, 0) is 4.79 Å². The summed E-state index contributed by atoms with van der Waals surface area (Å²) in [5.41, 5.74) is 1.15. The summed E-state index contributed by atoms with van der Waals surface area (Å²) in [4.78, 5) is 18.0. The molecule has 1 aromatic heterocycles. The van der Waals surface area contributed by atoms with E-state index in [2.05, 4.69) is 49.4 Å². The van der Waals surface area contributed by atoms with E-state index in [4.69, 9.17) is 0 Å². The van der Waals surface area contributed by atoms with Gasteiger partial charge in [-0.2, -0.15) is 0 Å². The lowest BCUT2D eigenvalue weighted by Gasteiger charge is -2.32. The SMILES string of the molecule is CNC(=O)CN1CCC(Nc2ncc(Br)cc2C)CC1. The van der Waals surface area contributed by atoms with E-state index in [0.717, 1.165) is 41.8 Å². The molecule has 0 aliphatic carbocycles. The number of nitrogens with zero attached hydrogens (tertiary/aromatic N) is 2. The van der Waals surface area contributed by atoms with Gasteiger partial charge in [-0.3, -0.25) is 9.69 Å². The van der Waals surface area contributed by atoms with Crippen molar-refractivity contribution in [3.05, 3.63) is 22.3 Å². The number of halogens is 1. The molecule has 1 amide bonds. The summed E-state index contributed by atoms with van der Waals surface area (Å²) in [5.74, 6) is 1.04. The van der Waals surface area contributed by atoms with Crippen molar-refractivity contribution in [2.75, 3.05) is 32.0 Å². The van der Waals surface area contributed by atoms with Crippen LogP contribution in [0.15, 0.2) is 16.7 Å². The van der Waals surface area contributed by atoms with Crippen molar-refractivity contribution in [3.8, 4) is 0 Å². The van der Waals surface area contributed by atoms with Crippen LogP contribution in [0.2, 0.25) is 0 Å². The zero-order valence-electron chi connectivity index (χ0n) is 11.9. The van der Waals surface area contributed by atoms with Gasteiger partial charge in [-0.15, -0.1) is 0 Å². The lowest BCUT2D eigenvalue weighted by Crippen LogP contribution is -2.43. The number of aromatic nitrogens is 1. The van der Waals surface area contributed by atoms with E-state index in [0.29, 0.717) is 12.6 Å². The molecule has 0 bridgehead atoms. The maximum absolute atomic E-state index is 11.3. The molecule has 6 heteroatoms. The summed E-state index contributed by atoms with van der Waals surface area (Å²) in [6, 6.07) is 2.50. The predicted molar refractivity (Wildman–Crippen MR) is 83.8 cm³/mol. The highest BCUT2D eigenvalue weighted by Gasteiger charge is 2.21. The molecule has 1 aromatic rings. The Labute approximate surface area is 128 Å². The monoisotopic (exact) mass is 340 g/mol. The zero-order valence-corrected chi connectivity index (χ0v) is 13.5. The Morgan fingerprint density at radius 2 is 2.20 bits per heavy atom. The smallest absolute Gasteiger partial charge is 0.233 e. The Morgan fingerprint density at radius 1 is 1.50 bits per heavy atom. The number of piperidine rings is 1. The first-order valence-corrected chi connectivity index (χ1v) is 7.69. The number of carbonyl (C=O) groups is 1. The fourth-order valence-electron chi connectivity index (χ4n) is 2.40. The highest BCUT2D eigenvalue weighted by molar-refractivity contribution is 9.10. The second-order valence-corrected chi connectivity index (χ2v) is 6.10. The Kier molecular flexibility index (Phi) is 5.37. The number of pyridine rings is 1. The molecular weight excluding hydrogens is 320 g/mol. The minimum Gasteiger partial charge on any atom is -0.367 e. The minimum atomic E-state index is 0.0850. The van der Waals surface area contributed by atoms with Gasteiger partial charge in [0.2, 0.25) is 5.91 Å². The number of aryl methyl sites for hydroxylation is 1. The van der Waals surface area contributed by atoms with Gasteiger partial charge in [-0.05, 0) is 47.3 Å². The van der Waals surface area contributed by atoms with Crippen LogP contribution in [0, 0.1) is 6.92 Å². The van der Waals surface area contributed by atoms with E-state index >= 15 is 0 Å². The average molecular weight is 341 g/mol. The third kappa shape index (κ3) is 4.18. The first kappa shape index (κ1) is 15.3. The van der Waals surface area contributed by atoms with E-state index in [1.165, 1.54) is 0 Å². The van der Waals surface area contributed by atoms with E-state index in [9.17, 15) is 4.79 Å². The van der Waals surface area contributed by atoms with Gasteiger partial charge in [0.15, 0.2) is 0 Å². The normalized spacial score (nSPS) is 16.9. The Morgan fingerprint density at radius 3 is 2.80 bits per heavy atom. The van der Waals surface area contributed by atoms with Crippen LogP contribution in [0.3, 0.4) is 0 Å². The van der Waals surface area contributed by atoms with E-state index in [1.807, 2.05) is 6.20 Å². The van der Waals surface area contributed by atoms with E-state index in [1.54, 1.807) is 7.05 Å². The zero-order chi connectivity index (χ0) is 14.5. The van der Waals surface area contributed by atoms with Crippen molar-refractivity contribution in [2.24, 2.45) is 0 Å². The number of hydrogen-bond acceptors (Lipinski definition) is 4. The molecule has 5 nitrogen and oxygen atoms in total. The molecule has 2 rings (SSSR count). The maximum atomic E-state index is 11.3. The van der Waals surface area contributed by atoms with Crippen molar-refractivity contribution in [1.29, 1.82) is 0 Å². The molecule has 0 unspecified atom stereocenters. The number of likely N-dealkylation sites (N-methyl/N-ethyl adjacent to an activating group) is 1. The highest BCUT2D eigenvalue weighted by atomic mass is 79.9. The lowest BCUT2D eigenvalue weighted by atomic mass is 10.0. The van der Waals surface area contributed by atoms with Gasteiger partial charge in [0.05, 0.1) is 6.54 Å². The van der Waals surface area contributed by atoms with Crippen LogP contribution in [0.5, 0.6) is 0 Å². The standard InChI is InChI=1S/C14H21BrN4O/c1-10-7-11(15)8-17-14(10)18-12-3-5-19(6-4-12)9-13(20)16-2/h7-8,12H,3-6,9H2,1-2H3,(H,16,20)(H,17,18). The van der Waals surface area contributed by atoms with Crippen molar-refractivity contribution >= 4 is 27.7 Å². The quantitative estimate of drug-likeness (QED) is 0.877. The van der Waals surface area contributed by atoms with Crippen LogP contribution < -0.4 is 10.6 Å². The van der Waals surface area contributed by atoms with Crippen molar-refractivity contribution in [2.45, 2.75) is 25.8 Å². The van der Waals surface area contributed by atoms with E-state index in [-0.39, 0.29) is 5.91 Å². The number of nitrogens with one attached hydrogen (secondary N) is 2. The summed E-state index contributed by atoms with van der Waals surface area (Å²) in [7, 11) is 1.68. The fourth-order valence-corrected chi connectivity index (χ4v) is 2.85. The summed E-state index contributed by atoms with van der Waals surface area (Å²) in [5, 5.41) is 6.17. The molecule has 0 atom stereocenters. The van der Waals surface area contributed by atoms with Gasteiger partial charge >= 0.3 is 0 Å². The number of hydrogen-bond donors (Lipinski definition) is 2. The summed E-state index contributed by atoms with van der Waals surface area (Å²) in [6.07, 6.45) is 3.89. The Balaban J connectivity index is 1.83. The van der Waals surface area contributed by atoms with Crippen molar-refractivity contribution in [3.63, 3.8) is 0 Å². The molecule has 0 radical (unpaired) electrons. The van der Waals surface area contributed by atoms with Crippen molar-refractivity contribution < 1.29 is 4.79 Å². The first-order chi connectivity index (χ1) is 9.58. The molecule has 0 saturated carbocycles. The van der Waals surface area contributed by atoms with Crippen LogP contribution in [-0.4, -0.2) is 48.5 Å². The number of amides is 1. The van der Waals surface area contributed by atoms with Gasteiger partial charge in [0, 0.05) is 36.8 Å². The predicted octanol–water partition coefficient (Wildman–Crippen LogP) is 1.77. The Hall–Kier alpha value is -1.14. The van der Waals surface area contributed by atoms with Gasteiger partial charge < -0.3 is 10.6 Å². The first-order valence-electron chi connectivity index (χ1n) is 6.90. The lowest BCUT2D eigenvalue weighted by molar-refractivity contribution is -0.122. The highest BCUT2D eigenvalue weighted by Crippen LogP contribution is 2.20. The van der Waals surface area contributed by atoms with E-state index < -0.39 is 0 Å². The maximum Gasteiger partial charge on any atom is 0.233 e. The minimum absolute atomic E-state index is 0.0850. The van der Waals surface area contributed by atoms with Gasteiger partial charge in [0.25, 0.3) is 0 Å². The second kappa shape index (κ2) is 7.04. The van der Waals surface area contributed by atoms with Crippen LogP contribution in [0.1, 0.15) is 18.4 Å². The summed E-state index contributed by atoms with van der Waals surface area (Å²) < 4.78 is 1.00. The van der Waals surface area contributed by atoms with Crippen LogP contribution in [0.25, 0.3) is 0 Å². The molecule has 0 aromatic carbocycles. The van der Waals surface area contributed by atoms with Crippen molar-refractivity contribution in [1.82, 2.24) is 15.2 Å². The fraction of sp³-hybridized carbons (Fsp3) is 0.571. The summed E-state index contributed by atoms with van der Waals surface area (Å²) in [6.45, 7) is 4.45. The van der Waals surface area contributed by atoms with Gasteiger partial charge in [0.1, 0.15) is 5.82 Å². The molecule has 1 saturated heterocycles. The van der Waals surface area contributed by atoms with Gasteiger partial charge in [-0.25, -0.2) is 4.98 Å². The molecule has 20 heavy (non-hydrogen) atoms. The molecule has 2 N–H and O–H groups in total. The number of carbonyl (C=O) groups excluding carboxylic acids is 1. The average Bonchev–Trinajstić information content (AvgIpc) is 2.44. The topological polar surface area (TPSA) is 57.3 Å². The number of likely N-dealkylation sites (tertiary alicyclic amines) is 1. The molecule has 1 aliphatic rings. The second-order valence-electron chi connectivity index (χ2n) is 5.19. The molecule has 1 fully saturated rings. The Bertz CT molecular complexity index is 472. The molecule has 110 valence electrons. The largest absolute Gasteiger partial charge is 0.367 e. The third-order valence-electron chi connectivity index (χ3n) is 3.62. The third-order valence-corrected chi connectivity index (χ3v) is 4.05. The molecule has 2 heterocycles. The molecular formula is C14H21BrN4O.